The van der Waals surface area contributed by atoms with Gasteiger partial charge in [0.15, 0.2) is 0 Å². The molecule has 0 fully saturated rings. The molecule has 0 aliphatic heterocycles. The smallest absolute Gasteiger partial charge is 0.272 e. The third-order valence-corrected chi connectivity index (χ3v) is 3.29. The number of carbonyl (C=O) groups excluding carboxylic acids is 1. The summed E-state index contributed by atoms with van der Waals surface area (Å²) in [5, 5.41) is 4.65. The third-order valence-electron chi connectivity index (χ3n) is 2.75. The van der Waals surface area contributed by atoms with E-state index in [-0.39, 0.29) is 5.02 Å². The van der Waals surface area contributed by atoms with Crippen LogP contribution in [0.4, 0.5) is 0 Å². The van der Waals surface area contributed by atoms with E-state index in [1.165, 1.54) is 12.3 Å². The molecule has 2 aromatic carbocycles. The molecule has 0 aromatic heterocycles. The Hall–Kier alpha value is -2.04. The van der Waals surface area contributed by atoms with Crippen LogP contribution in [0.1, 0.15) is 22.8 Å². The summed E-state index contributed by atoms with van der Waals surface area (Å²) in [6.07, 6.45) is 1.54. The first-order valence-corrected chi connectivity index (χ1v) is 7.37. The van der Waals surface area contributed by atoms with Crippen molar-refractivity contribution < 1.29 is 9.53 Å². The number of nitrogens with zero attached hydrogens (tertiary/aromatic N) is 1. The average molecular weight is 337 g/mol. The van der Waals surface area contributed by atoms with Crippen molar-refractivity contribution in [1.29, 1.82) is 0 Å². The van der Waals surface area contributed by atoms with Crippen LogP contribution in [0.15, 0.2) is 47.6 Å². The van der Waals surface area contributed by atoms with Crippen LogP contribution in [0.25, 0.3) is 0 Å². The van der Waals surface area contributed by atoms with Gasteiger partial charge in [0.2, 0.25) is 0 Å². The lowest BCUT2D eigenvalue weighted by molar-refractivity contribution is 0.0955. The van der Waals surface area contributed by atoms with Crippen LogP contribution in [0.3, 0.4) is 0 Å². The van der Waals surface area contributed by atoms with Crippen LogP contribution in [0.2, 0.25) is 10.0 Å². The van der Waals surface area contributed by atoms with Gasteiger partial charge in [0.05, 0.1) is 23.4 Å². The normalized spacial score (nSPS) is 10.7. The highest BCUT2D eigenvalue weighted by Gasteiger charge is 2.09. The Morgan fingerprint density at radius 3 is 2.59 bits per heavy atom. The summed E-state index contributed by atoms with van der Waals surface area (Å²) in [6.45, 7) is 2.54. The lowest BCUT2D eigenvalue weighted by atomic mass is 10.2. The predicted molar refractivity (Wildman–Crippen MR) is 89.1 cm³/mol. The van der Waals surface area contributed by atoms with Crippen molar-refractivity contribution in [2.45, 2.75) is 6.92 Å². The maximum absolute atomic E-state index is 11.9. The number of hydrogen-bond acceptors (Lipinski definition) is 3. The van der Waals surface area contributed by atoms with Gasteiger partial charge in [-0.3, -0.25) is 4.79 Å². The third kappa shape index (κ3) is 4.48. The van der Waals surface area contributed by atoms with Gasteiger partial charge in [-0.1, -0.05) is 23.2 Å². The van der Waals surface area contributed by atoms with E-state index in [2.05, 4.69) is 10.5 Å². The maximum atomic E-state index is 11.9. The first-order valence-electron chi connectivity index (χ1n) is 6.61. The van der Waals surface area contributed by atoms with Gasteiger partial charge in [-0.25, -0.2) is 5.43 Å². The van der Waals surface area contributed by atoms with Crippen molar-refractivity contribution >= 4 is 35.3 Å². The van der Waals surface area contributed by atoms with Gasteiger partial charge >= 0.3 is 0 Å². The monoisotopic (exact) mass is 336 g/mol. The molecule has 6 heteroatoms. The fourth-order valence-electron chi connectivity index (χ4n) is 1.72. The van der Waals surface area contributed by atoms with E-state index in [0.717, 1.165) is 11.3 Å². The molecule has 22 heavy (non-hydrogen) atoms. The number of ether oxygens (including phenoxy) is 1. The minimum atomic E-state index is -0.399. The minimum absolute atomic E-state index is 0.279. The molecule has 1 N–H and O–H groups in total. The Morgan fingerprint density at radius 2 is 1.95 bits per heavy atom. The maximum Gasteiger partial charge on any atom is 0.272 e. The van der Waals surface area contributed by atoms with Gasteiger partial charge in [-0.2, -0.15) is 5.10 Å². The van der Waals surface area contributed by atoms with Gasteiger partial charge in [0.25, 0.3) is 5.91 Å². The van der Waals surface area contributed by atoms with E-state index in [1.54, 1.807) is 12.1 Å². The molecule has 0 atom stereocenters. The first-order chi connectivity index (χ1) is 10.6. The summed E-state index contributed by atoms with van der Waals surface area (Å²) < 4.78 is 5.34. The number of nitrogens with one attached hydrogen (secondary N) is 1. The Balaban J connectivity index is 1.98. The number of hydrogen-bond donors (Lipinski definition) is 1. The zero-order valence-electron chi connectivity index (χ0n) is 11.8. The Kier molecular flexibility index (Phi) is 5.81. The highest BCUT2D eigenvalue weighted by molar-refractivity contribution is 6.36. The van der Waals surface area contributed by atoms with E-state index < -0.39 is 5.91 Å². The molecule has 2 aromatic rings. The lowest BCUT2D eigenvalue weighted by Crippen LogP contribution is -2.18. The summed E-state index contributed by atoms with van der Waals surface area (Å²) >= 11 is 11.7. The molecule has 0 heterocycles. The molecule has 0 spiro atoms. The van der Waals surface area contributed by atoms with Crippen molar-refractivity contribution in [3.8, 4) is 5.75 Å². The zero-order chi connectivity index (χ0) is 15.9. The molecule has 4 nitrogen and oxygen atoms in total. The number of halogens is 2. The summed E-state index contributed by atoms with van der Waals surface area (Å²) in [5.41, 5.74) is 3.57. The second-order valence-electron chi connectivity index (χ2n) is 4.33. The zero-order valence-corrected chi connectivity index (χ0v) is 13.4. The van der Waals surface area contributed by atoms with E-state index in [4.69, 9.17) is 27.9 Å². The van der Waals surface area contributed by atoms with Crippen LogP contribution in [-0.2, 0) is 0 Å². The predicted octanol–water partition coefficient (Wildman–Crippen LogP) is 4.16. The average Bonchev–Trinajstić information content (AvgIpc) is 2.49. The molecule has 2 rings (SSSR count). The van der Waals surface area contributed by atoms with Crippen LogP contribution in [0, 0.1) is 0 Å². The highest BCUT2D eigenvalue weighted by Crippen LogP contribution is 2.20. The number of carbonyl (C=O) groups is 1. The second kappa shape index (κ2) is 7.82. The Labute approximate surface area is 138 Å². The molecule has 114 valence electrons. The standard InChI is InChI=1S/C16H14Cl2N2O2/c1-2-22-13-6-3-11(4-7-13)10-19-20-16(21)14-8-5-12(17)9-15(14)18/h3-10H,2H2,1H3,(H,20,21)/b19-10+. The van der Waals surface area contributed by atoms with Gasteiger partial charge in [0.1, 0.15) is 5.75 Å². The molecular weight excluding hydrogens is 323 g/mol. The summed E-state index contributed by atoms with van der Waals surface area (Å²) in [6, 6.07) is 12.0. The molecule has 0 saturated heterocycles. The molecule has 0 saturated carbocycles. The summed E-state index contributed by atoms with van der Waals surface area (Å²) in [5.74, 6) is 0.389. The van der Waals surface area contributed by atoms with Gasteiger partial charge in [-0.05, 0) is 55.0 Å². The largest absolute Gasteiger partial charge is 0.494 e. The van der Waals surface area contributed by atoms with E-state index in [0.29, 0.717) is 17.2 Å². The Morgan fingerprint density at radius 1 is 1.23 bits per heavy atom. The van der Waals surface area contributed by atoms with Gasteiger partial charge in [-0.15, -0.1) is 0 Å². The van der Waals surface area contributed by atoms with Crippen molar-refractivity contribution in [3.05, 3.63) is 63.6 Å². The van der Waals surface area contributed by atoms with Crippen molar-refractivity contribution in [3.63, 3.8) is 0 Å². The second-order valence-corrected chi connectivity index (χ2v) is 5.17. The molecule has 0 unspecified atom stereocenters. The summed E-state index contributed by atoms with van der Waals surface area (Å²) in [4.78, 5) is 11.9. The van der Waals surface area contributed by atoms with Gasteiger partial charge < -0.3 is 4.74 Å². The van der Waals surface area contributed by atoms with Crippen LogP contribution in [0.5, 0.6) is 5.75 Å². The first kappa shape index (κ1) is 16.3. The lowest BCUT2D eigenvalue weighted by Gasteiger charge is -2.03. The molecule has 0 bridgehead atoms. The highest BCUT2D eigenvalue weighted by atomic mass is 35.5. The molecular formula is C16H14Cl2N2O2. The van der Waals surface area contributed by atoms with Crippen molar-refractivity contribution in [1.82, 2.24) is 5.43 Å². The van der Waals surface area contributed by atoms with E-state index >= 15 is 0 Å². The number of amides is 1. The molecule has 0 aliphatic rings. The van der Waals surface area contributed by atoms with Crippen LogP contribution < -0.4 is 10.2 Å². The van der Waals surface area contributed by atoms with Crippen molar-refractivity contribution in [2.75, 3.05) is 6.61 Å². The fourth-order valence-corrected chi connectivity index (χ4v) is 2.21. The molecule has 1 amide bonds. The van der Waals surface area contributed by atoms with Crippen molar-refractivity contribution in [2.24, 2.45) is 5.10 Å². The topological polar surface area (TPSA) is 50.7 Å². The number of rotatable bonds is 5. The molecule has 0 aliphatic carbocycles. The van der Waals surface area contributed by atoms with Gasteiger partial charge in [0, 0.05) is 5.02 Å². The number of benzene rings is 2. The number of hydrazone groups is 1. The van der Waals surface area contributed by atoms with Crippen LogP contribution in [-0.4, -0.2) is 18.7 Å². The molecule has 0 radical (unpaired) electrons. The fraction of sp³-hybridized carbons (Fsp3) is 0.125. The SMILES string of the molecule is CCOc1ccc(/C=N/NC(=O)c2ccc(Cl)cc2Cl)cc1. The minimum Gasteiger partial charge on any atom is -0.494 e. The van der Waals surface area contributed by atoms with E-state index in [1.807, 2.05) is 31.2 Å². The van der Waals surface area contributed by atoms with E-state index in [9.17, 15) is 4.79 Å². The Bertz CT molecular complexity index is 685. The van der Waals surface area contributed by atoms with Crippen LogP contribution >= 0.6 is 23.2 Å². The quantitative estimate of drug-likeness (QED) is 0.658. The summed E-state index contributed by atoms with van der Waals surface area (Å²) in [7, 11) is 0.